The Morgan fingerprint density at radius 2 is 1.82 bits per heavy atom. The molecule has 0 atom stereocenters. The van der Waals surface area contributed by atoms with Crippen LogP contribution in [-0.4, -0.2) is 15.0 Å². The van der Waals surface area contributed by atoms with Gasteiger partial charge in [-0.05, 0) is 48.9 Å². The molecule has 4 aromatic rings. The molecule has 0 N–H and O–H groups in total. The van der Waals surface area contributed by atoms with Crippen LogP contribution >= 0.6 is 0 Å². The van der Waals surface area contributed by atoms with Crippen LogP contribution in [0.4, 0.5) is 4.39 Å². The summed E-state index contributed by atoms with van der Waals surface area (Å²) < 4.78 is 14.4. The minimum absolute atomic E-state index is 0.322. The summed E-state index contributed by atoms with van der Waals surface area (Å²) in [5.41, 5.74) is 5.08. The Morgan fingerprint density at radius 3 is 2.61 bits per heavy atom. The number of nitrogens with zero attached hydrogens (tertiary/aromatic N) is 3. The third-order valence-corrected chi connectivity index (χ3v) is 4.57. The van der Waals surface area contributed by atoms with Crippen LogP contribution in [0.1, 0.15) is 18.1 Å². The summed E-state index contributed by atoms with van der Waals surface area (Å²) in [5, 5.41) is 0.863. The summed E-state index contributed by atoms with van der Waals surface area (Å²) in [6.07, 6.45) is 9.22. The van der Waals surface area contributed by atoms with Crippen molar-refractivity contribution in [1.82, 2.24) is 15.0 Å². The average molecular weight is 367 g/mol. The van der Waals surface area contributed by atoms with E-state index in [1.807, 2.05) is 43.3 Å². The lowest BCUT2D eigenvalue weighted by molar-refractivity contribution is 0.631. The second-order valence-electron chi connectivity index (χ2n) is 6.28. The van der Waals surface area contributed by atoms with Crippen LogP contribution < -0.4 is 0 Å². The number of benzene rings is 1. The van der Waals surface area contributed by atoms with Crippen LogP contribution in [-0.2, 0) is 0 Å². The predicted molar refractivity (Wildman–Crippen MR) is 113 cm³/mol. The van der Waals surface area contributed by atoms with Crippen LogP contribution in [0.3, 0.4) is 0 Å². The highest BCUT2D eigenvalue weighted by atomic mass is 19.1. The summed E-state index contributed by atoms with van der Waals surface area (Å²) in [4.78, 5) is 13.6. The van der Waals surface area contributed by atoms with Gasteiger partial charge in [-0.15, -0.1) is 0 Å². The molecular weight excluding hydrogens is 349 g/mol. The molecule has 0 aliphatic heterocycles. The number of halogens is 1. The zero-order valence-electron chi connectivity index (χ0n) is 15.4. The number of hydrogen-bond donors (Lipinski definition) is 0. The van der Waals surface area contributed by atoms with Crippen LogP contribution in [0.5, 0.6) is 0 Å². The minimum Gasteiger partial charge on any atom is -0.256 e. The zero-order chi connectivity index (χ0) is 19.5. The fraction of sp³-hybridized carbons (Fsp3) is 0.0417. The quantitative estimate of drug-likeness (QED) is 0.433. The molecule has 4 rings (SSSR count). The molecule has 28 heavy (non-hydrogen) atoms. The van der Waals surface area contributed by atoms with Crippen molar-refractivity contribution in [3.05, 3.63) is 90.5 Å². The van der Waals surface area contributed by atoms with Gasteiger partial charge in [0.1, 0.15) is 5.82 Å². The molecule has 0 bridgehead atoms. The molecule has 0 fully saturated rings. The first-order chi connectivity index (χ1) is 13.7. The zero-order valence-corrected chi connectivity index (χ0v) is 15.4. The summed E-state index contributed by atoms with van der Waals surface area (Å²) in [6, 6.07) is 14.2. The van der Waals surface area contributed by atoms with Gasteiger partial charge in [0.2, 0.25) is 0 Å². The Morgan fingerprint density at radius 1 is 0.964 bits per heavy atom. The van der Waals surface area contributed by atoms with Crippen molar-refractivity contribution in [1.29, 1.82) is 0 Å². The molecule has 0 radical (unpaired) electrons. The Labute approximate surface area is 162 Å². The van der Waals surface area contributed by atoms with E-state index in [0.717, 1.165) is 27.8 Å². The summed E-state index contributed by atoms with van der Waals surface area (Å²) in [6.45, 7) is 5.87. The van der Waals surface area contributed by atoms with Crippen molar-refractivity contribution in [3.63, 3.8) is 0 Å². The summed E-state index contributed by atoms with van der Waals surface area (Å²) >= 11 is 0. The molecule has 136 valence electrons. The standard InChI is InChI=1S/C24H18FN3/c1-3-8-17-16(4-2)12-14-26-23(17)20-15-22(19-9-5-6-11-21(19)25)28-24-18(20)10-7-13-27-24/h3-15H,2H2,1H3/b8-3-. The van der Waals surface area contributed by atoms with Crippen LogP contribution in [0.2, 0.25) is 0 Å². The first-order valence-electron chi connectivity index (χ1n) is 8.98. The van der Waals surface area contributed by atoms with Crippen molar-refractivity contribution in [2.24, 2.45) is 0 Å². The van der Waals surface area contributed by atoms with E-state index in [4.69, 9.17) is 0 Å². The predicted octanol–water partition coefficient (Wildman–Crippen LogP) is 6.17. The third kappa shape index (κ3) is 3.09. The van der Waals surface area contributed by atoms with Gasteiger partial charge >= 0.3 is 0 Å². The molecule has 0 aliphatic carbocycles. The molecule has 3 nitrogen and oxygen atoms in total. The average Bonchev–Trinajstić information content (AvgIpc) is 2.74. The normalized spacial score (nSPS) is 11.2. The van der Waals surface area contributed by atoms with Gasteiger partial charge in [0, 0.05) is 34.5 Å². The molecule has 0 saturated carbocycles. The Kier molecular flexibility index (Phi) is 4.77. The second kappa shape index (κ2) is 7.53. The summed E-state index contributed by atoms with van der Waals surface area (Å²) in [7, 11) is 0. The molecule has 0 aliphatic rings. The van der Waals surface area contributed by atoms with Crippen molar-refractivity contribution in [2.45, 2.75) is 6.92 Å². The van der Waals surface area contributed by atoms with E-state index in [-0.39, 0.29) is 5.82 Å². The van der Waals surface area contributed by atoms with Gasteiger partial charge in [-0.25, -0.2) is 14.4 Å². The van der Waals surface area contributed by atoms with Crippen LogP contribution in [0.25, 0.3) is 45.7 Å². The van der Waals surface area contributed by atoms with Crippen LogP contribution in [0, 0.1) is 5.82 Å². The highest BCUT2D eigenvalue weighted by Crippen LogP contribution is 2.34. The molecule has 0 spiro atoms. The number of aromatic nitrogens is 3. The monoisotopic (exact) mass is 367 g/mol. The molecule has 3 aromatic heterocycles. The highest BCUT2D eigenvalue weighted by Gasteiger charge is 2.16. The highest BCUT2D eigenvalue weighted by molar-refractivity contribution is 5.96. The fourth-order valence-electron chi connectivity index (χ4n) is 3.28. The first-order valence-corrected chi connectivity index (χ1v) is 8.98. The van der Waals surface area contributed by atoms with Crippen molar-refractivity contribution in [2.75, 3.05) is 0 Å². The smallest absolute Gasteiger partial charge is 0.160 e. The number of pyridine rings is 3. The van der Waals surface area contributed by atoms with Gasteiger partial charge in [0.05, 0.1) is 11.4 Å². The van der Waals surface area contributed by atoms with Gasteiger partial charge in [0.25, 0.3) is 0 Å². The molecule has 4 heteroatoms. The van der Waals surface area contributed by atoms with Crippen molar-refractivity contribution < 1.29 is 4.39 Å². The number of fused-ring (bicyclic) bond motifs is 1. The van der Waals surface area contributed by atoms with E-state index in [0.29, 0.717) is 16.9 Å². The topological polar surface area (TPSA) is 38.7 Å². The molecule has 0 unspecified atom stereocenters. The largest absolute Gasteiger partial charge is 0.256 e. The van der Waals surface area contributed by atoms with Crippen LogP contribution in [0.15, 0.2) is 73.6 Å². The van der Waals surface area contributed by atoms with E-state index in [2.05, 4.69) is 21.5 Å². The van der Waals surface area contributed by atoms with Gasteiger partial charge in [-0.3, -0.25) is 4.98 Å². The number of allylic oxidation sites excluding steroid dienone is 1. The number of rotatable bonds is 4. The molecule has 3 heterocycles. The van der Waals surface area contributed by atoms with E-state index in [1.54, 1.807) is 36.7 Å². The van der Waals surface area contributed by atoms with Gasteiger partial charge in [-0.1, -0.05) is 36.9 Å². The SMILES string of the molecule is C=Cc1ccnc(-c2cc(-c3ccccc3F)nc3ncccc23)c1/C=C\C. The van der Waals surface area contributed by atoms with Gasteiger partial charge in [0.15, 0.2) is 5.65 Å². The first kappa shape index (κ1) is 17.7. The Bertz CT molecular complexity index is 1210. The number of hydrogen-bond acceptors (Lipinski definition) is 3. The van der Waals surface area contributed by atoms with E-state index < -0.39 is 0 Å². The maximum atomic E-state index is 14.4. The Balaban J connectivity index is 2.08. The molecular formula is C24H18FN3. The lowest BCUT2D eigenvalue weighted by atomic mass is 9.97. The fourth-order valence-corrected chi connectivity index (χ4v) is 3.28. The molecule has 1 aromatic carbocycles. The Hall–Kier alpha value is -3.66. The maximum absolute atomic E-state index is 14.4. The van der Waals surface area contributed by atoms with E-state index in [1.165, 1.54) is 6.07 Å². The maximum Gasteiger partial charge on any atom is 0.160 e. The van der Waals surface area contributed by atoms with Gasteiger partial charge < -0.3 is 0 Å². The van der Waals surface area contributed by atoms with Crippen molar-refractivity contribution >= 4 is 23.2 Å². The molecule has 0 saturated heterocycles. The third-order valence-electron chi connectivity index (χ3n) is 4.57. The lowest BCUT2D eigenvalue weighted by Crippen LogP contribution is -1.97. The summed E-state index contributed by atoms with van der Waals surface area (Å²) in [5.74, 6) is -0.322. The molecule has 0 amide bonds. The lowest BCUT2D eigenvalue weighted by Gasteiger charge is -2.13. The minimum atomic E-state index is -0.322. The second-order valence-corrected chi connectivity index (χ2v) is 6.28. The van der Waals surface area contributed by atoms with E-state index >= 15 is 0 Å². The van der Waals surface area contributed by atoms with E-state index in [9.17, 15) is 4.39 Å². The van der Waals surface area contributed by atoms with Gasteiger partial charge in [-0.2, -0.15) is 0 Å². The van der Waals surface area contributed by atoms with Crippen molar-refractivity contribution in [3.8, 4) is 22.5 Å².